The van der Waals surface area contributed by atoms with E-state index in [4.69, 9.17) is 10.5 Å². The molecule has 0 saturated heterocycles. The Labute approximate surface area is 118 Å². The molecule has 1 aliphatic rings. The number of carbonyl (C=O) groups is 1. The van der Waals surface area contributed by atoms with Crippen LogP contribution >= 0.6 is 0 Å². The van der Waals surface area contributed by atoms with Crippen LogP contribution in [-0.2, 0) is 10.0 Å². The highest BCUT2D eigenvalue weighted by Crippen LogP contribution is 2.35. The number of sulfonamides is 1. The molecule has 0 amide bonds. The predicted molar refractivity (Wildman–Crippen MR) is 76.7 cm³/mol. The molecule has 0 saturated carbocycles. The molecule has 2 N–H and O–H groups in total. The zero-order valence-electron chi connectivity index (χ0n) is 11.7. The fourth-order valence-corrected chi connectivity index (χ4v) is 3.11. The van der Waals surface area contributed by atoms with E-state index >= 15 is 0 Å². The minimum absolute atomic E-state index is 0.224. The van der Waals surface area contributed by atoms with Gasteiger partial charge in [0.2, 0.25) is 10.0 Å². The number of ether oxygens (including phenoxy) is 1. The number of hydrogen-bond acceptors (Lipinski definition) is 5. The molecule has 0 aromatic heterocycles. The second-order valence-corrected chi connectivity index (χ2v) is 6.96. The predicted octanol–water partition coefficient (Wildman–Crippen LogP) is 0.763. The molecule has 1 aromatic rings. The lowest BCUT2D eigenvalue weighted by atomic mass is 10.0. The van der Waals surface area contributed by atoms with Gasteiger partial charge in [0.25, 0.3) is 0 Å². The molecule has 0 radical (unpaired) electrons. The molecule has 6 nitrogen and oxygen atoms in total. The van der Waals surface area contributed by atoms with Gasteiger partial charge in [-0.05, 0) is 32.0 Å². The second kappa shape index (κ2) is 5.06. The summed E-state index contributed by atoms with van der Waals surface area (Å²) in [4.78, 5) is 11.9. The van der Waals surface area contributed by atoms with Crippen LogP contribution in [0.4, 0.5) is 5.69 Å². The third-order valence-electron chi connectivity index (χ3n) is 3.08. The van der Waals surface area contributed by atoms with Gasteiger partial charge < -0.3 is 10.5 Å². The maximum Gasteiger partial charge on any atom is 0.232 e. The van der Waals surface area contributed by atoms with Crippen LogP contribution in [0.2, 0.25) is 0 Å². The summed E-state index contributed by atoms with van der Waals surface area (Å²) in [6, 6.07) is 4.10. The van der Waals surface area contributed by atoms with Crippen molar-refractivity contribution in [3.05, 3.63) is 23.8 Å². The zero-order chi connectivity index (χ0) is 15.1. The third-order valence-corrected chi connectivity index (χ3v) is 4.22. The van der Waals surface area contributed by atoms with Gasteiger partial charge in [-0.2, -0.15) is 0 Å². The standard InChI is InChI=1S/C13H18N2O4S/c1-8-7-15(20(3,17)18)11-6-10(13(16)9(2)14)4-5-12(11)19-8/h4-6,8-9H,7,14H2,1-3H3. The normalized spacial score (nSPS) is 20.0. The molecule has 0 spiro atoms. The number of anilines is 1. The monoisotopic (exact) mass is 298 g/mol. The number of nitrogens with zero attached hydrogens (tertiary/aromatic N) is 1. The van der Waals surface area contributed by atoms with Gasteiger partial charge in [0.05, 0.1) is 24.5 Å². The summed E-state index contributed by atoms with van der Waals surface area (Å²) in [6.45, 7) is 3.61. The number of benzene rings is 1. The maximum absolute atomic E-state index is 11.9. The Bertz CT molecular complexity index is 640. The highest BCUT2D eigenvalue weighted by atomic mass is 32.2. The molecular weight excluding hydrogens is 280 g/mol. The largest absolute Gasteiger partial charge is 0.487 e. The van der Waals surface area contributed by atoms with E-state index in [0.717, 1.165) is 6.26 Å². The first-order valence-corrected chi connectivity index (χ1v) is 8.13. The Hall–Kier alpha value is -1.60. The highest BCUT2D eigenvalue weighted by Gasteiger charge is 2.30. The smallest absolute Gasteiger partial charge is 0.232 e. The number of nitrogens with two attached hydrogens (primary N) is 1. The summed E-state index contributed by atoms with van der Waals surface area (Å²) in [5, 5.41) is 0. The molecule has 0 fully saturated rings. The van der Waals surface area contributed by atoms with Gasteiger partial charge in [0.1, 0.15) is 11.9 Å². The lowest BCUT2D eigenvalue weighted by molar-refractivity contribution is 0.0968. The number of fused-ring (bicyclic) bond motifs is 1. The average molecular weight is 298 g/mol. The van der Waals surface area contributed by atoms with Crippen LogP contribution in [0.3, 0.4) is 0 Å². The van der Waals surface area contributed by atoms with Gasteiger partial charge in [-0.15, -0.1) is 0 Å². The van der Waals surface area contributed by atoms with Crippen LogP contribution in [0.25, 0.3) is 0 Å². The molecular formula is C13H18N2O4S. The van der Waals surface area contributed by atoms with Crippen LogP contribution in [-0.4, -0.2) is 39.1 Å². The zero-order valence-corrected chi connectivity index (χ0v) is 12.5. The Morgan fingerprint density at radius 2 is 2.15 bits per heavy atom. The van der Waals surface area contributed by atoms with E-state index < -0.39 is 16.1 Å². The van der Waals surface area contributed by atoms with Crippen molar-refractivity contribution >= 4 is 21.5 Å². The van der Waals surface area contributed by atoms with E-state index in [1.807, 2.05) is 0 Å². The molecule has 2 rings (SSSR count). The van der Waals surface area contributed by atoms with Crippen molar-refractivity contribution in [2.75, 3.05) is 17.1 Å². The first-order chi connectivity index (χ1) is 9.20. The van der Waals surface area contributed by atoms with Gasteiger partial charge in [-0.25, -0.2) is 8.42 Å². The van der Waals surface area contributed by atoms with Gasteiger partial charge in [-0.3, -0.25) is 9.10 Å². The lowest BCUT2D eigenvalue weighted by Gasteiger charge is -2.33. The van der Waals surface area contributed by atoms with Gasteiger partial charge in [0, 0.05) is 5.56 Å². The number of ketones is 1. The first-order valence-electron chi connectivity index (χ1n) is 6.28. The second-order valence-electron chi connectivity index (χ2n) is 5.06. The molecule has 1 heterocycles. The van der Waals surface area contributed by atoms with E-state index in [0.29, 0.717) is 17.0 Å². The number of Topliss-reactive ketones (excluding diaryl/α,β-unsaturated/α-hetero) is 1. The average Bonchev–Trinajstić information content (AvgIpc) is 2.35. The number of hydrogen-bond donors (Lipinski definition) is 1. The summed E-state index contributed by atoms with van der Waals surface area (Å²) < 4.78 is 30.6. The lowest BCUT2D eigenvalue weighted by Crippen LogP contribution is -2.42. The Morgan fingerprint density at radius 3 is 2.70 bits per heavy atom. The molecule has 110 valence electrons. The van der Waals surface area contributed by atoms with Crippen molar-refractivity contribution < 1.29 is 17.9 Å². The Morgan fingerprint density at radius 1 is 1.50 bits per heavy atom. The van der Waals surface area contributed by atoms with E-state index in [-0.39, 0.29) is 18.4 Å². The van der Waals surface area contributed by atoms with Crippen LogP contribution < -0.4 is 14.8 Å². The molecule has 1 aromatic carbocycles. The molecule has 1 aliphatic heterocycles. The summed E-state index contributed by atoms with van der Waals surface area (Å²) in [6.07, 6.45) is 0.890. The van der Waals surface area contributed by atoms with E-state index in [2.05, 4.69) is 0 Å². The summed E-state index contributed by atoms with van der Waals surface area (Å²) in [5.41, 5.74) is 6.34. The molecule has 20 heavy (non-hydrogen) atoms. The van der Waals surface area contributed by atoms with E-state index in [9.17, 15) is 13.2 Å². The molecule has 2 unspecified atom stereocenters. The summed E-state index contributed by atoms with van der Waals surface area (Å²) in [7, 11) is -3.42. The van der Waals surface area contributed by atoms with Gasteiger partial charge in [-0.1, -0.05) is 0 Å². The van der Waals surface area contributed by atoms with Crippen molar-refractivity contribution in [3.63, 3.8) is 0 Å². The van der Waals surface area contributed by atoms with Crippen LogP contribution in [0.1, 0.15) is 24.2 Å². The van der Waals surface area contributed by atoms with Crippen LogP contribution in [0, 0.1) is 0 Å². The third kappa shape index (κ3) is 2.78. The van der Waals surface area contributed by atoms with Crippen molar-refractivity contribution in [1.29, 1.82) is 0 Å². The summed E-state index contributed by atoms with van der Waals surface area (Å²) >= 11 is 0. The first kappa shape index (κ1) is 14.8. The fraction of sp³-hybridized carbons (Fsp3) is 0.462. The number of carbonyl (C=O) groups excluding carboxylic acids is 1. The summed E-state index contributed by atoms with van der Waals surface area (Å²) in [5.74, 6) is 0.218. The van der Waals surface area contributed by atoms with Crippen molar-refractivity contribution in [2.24, 2.45) is 5.73 Å². The minimum atomic E-state index is -3.42. The minimum Gasteiger partial charge on any atom is -0.487 e. The fourth-order valence-electron chi connectivity index (χ4n) is 2.13. The topological polar surface area (TPSA) is 89.7 Å². The maximum atomic E-state index is 11.9. The van der Waals surface area contributed by atoms with Crippen molar-refractivity contribution in [2.45, 2.75) is 26.0 Å². The molecule has 0 aliphatic carbocycles. The van der Waals surface area contributed by atoms with Gasteiger partial charge in [0.15, 0.2) is 5.78 Å². The number of rotatable bonds is 3. The van der Waals surface area contributed by atoms with Gasteiger partial charge >= 0.3 is 0 Å². The van der Waals surface area contributed by atoms with E-state index in [1.54, 1.807) is 26.0 Å². The van der Waals surface area contributed by atoms with Crippen molar-refractivity contribution in [3.8, 4) is 5.75 Å². The van der Waals surface area contributed by atoms with Crippen LogP contribution in [0.5, 0.6) is 5.75 Å². The van der Waals surface area contributed by atoms with Crippen LogP contribution in [0.15, 0.2) is 18.2 Å². The highest BCUT2D eigenvalue weighted by molar-refractivity contribution is 7.92. The Balaban J connectivity index is 2.53. The van der Waals surface area contributed by atoms with Crippen molar-refractivity contribution in [1.82, 2.24) is 0 Å². The quantitative estimate of drug-likeness (QED) is 0.832. The SMILES string of the molecule is CC1CN(S(C)(=O)=O)c2cc(C(=O)C(C)N)ccc2O1. The molecule has 2 atom stereocenters. The Kier molecular flexibility index (Phi) is 3.75. The van der Waals surface area contributed by atoms with E-state index in [1.165, 1.54) is 10.4 Å². The molecule has 7 heteroatoms. The molecule has 0 bridgehead atoms.